The summed E-state index contributed by atoms with van der Waals surface area (Å²) in [6.07, 6.45) is 1.28. The van der Waals surface area contributed by atoms with Gasteiger partial charge < -0.3 is 20.5 Å². The van der Waals surface area contributed by atoms with E-state index in [4.69, 9.17) is 9.84 Å². The summed E-state index contributed by atoms with van der Waals surface area (Å²) >= 11 is 0. The number of ether oxygens (including phenoxy) is 1. The van der Waals surface area contributed by atoms with Gasteiger partial charge in [0.15, 0.2) is 0 Å². The Labute approximate surface area is 83.8 Å². The van der Waals surface area contributed by atoms with Crippen LogP contribution in [-0.4, -0.2) is 50.0 Å². The molecule has 0 aromatic heterocycles. The fourth-order valence-electron chi connectivity index (χ4n) is 1.39. The van der Waals surface area contributed by atoms with Gasteiger partial charge in [-0.2, -0.15) is 0 Å². The van der Waals surface area contributed by atoms with Crippen LogP contribution in [-0.2, 0) is 9.53 Å². The fraction of sp³-hybridized carbons (Fsp3) is 0.889. The SMILES string of the molecule is O=C(CCC1COCCN1)NCCO. The van der Waals surface area contributed by atoms with Crippen molar-refractivity contribution < 1.29 is 14.6 Å². The quantitative estimate of drug-likeness (QED) is 0.527. The van der Waals surface area contributed by atoms with E-state index in [-0.39, 0.29) is 12.5 Å². The molecule has 0 spiro atoms. The predicted octanol–water partition coefficient (Wildman–Crippen LogP) is -1.14. The summed E-state index contributed by atoms with van der Waals surface area (Å²) in [5.74, 6) is -0.00794. The summed E-state index contributed by atoms with van der Waals surface area (Å²) in [6, 6.07) is 0.295. The number of aliphatic hydroxyl groups excluding tert-OH is 1. The number of morpholine rings is 1. The molecule has 1 aliphatic rings. The van der Waals surface area contributed by atoms with Crippen LogP contribution in [0.25, 0.3) is 0 Å². The Bertz CT molecular complexity index is 169. The van der Waals surface area contributed by atoms with Crippen molar-refractivity contribution in [2.75, 3.05) is 32.9 Å². The first kappa shape index (κ1) is 11.4. The zero-order valence-corrected chi connectivity index (χ0v) is 8.29. The minimum Gasteiger partial charge on any atom is -0.395 e. The van der Waals surface area contributed by atoms with Crippen LogP contribution in [0.2, 0.25) is 0 Å². The van der Waals surface area contributed by atoms with Crippen LogP contribution < -0.4 is 10.6 Å². The van der Waals surface area contributed by atoms with Gasteiger partial charge in [-0.15, -0.1) is 0 Å². The second kappa shape index (κ2) is 6.75. The van der Waals surface area contributed by atoms with Gasteiger partial charge in [0, 0.05) is 25.6 Å². The molecule has 0 radical (unpaired) electrons. The smallest absolute Gasteiger partial charge is 0.220 e. The van der Waals surface area contributed by atoms with Crippen molar-refractivity contribution in [2.45, 2.75) is 18.9 Å². The van der Waals surface area contributed by atoms with Crippen molar-refractivity contribution in [3.8, 4) is 0 Å². The molecule has 0 aromatic rings. The summed E-state index contributed by atoms with van der Waals surface area (Å²) in [5.41, 5.74) is 0. The molecular weight excluding hydrogens is 184 g/mol. The van der Waals surface area contributed by atoms with Gasteiger partial charge in [-0.3, -0.25) is 4.79 Å². The third kappa shape index (κ3) is 4.55. The van der Waals surface area contributed by atoms with Crippen molar-refractivity contribution in [3.63, 3.8) is 0 Å². The Morgan fingerprint density at radius 1 is 1.64 bits per heavy atom. The predicted molar refractivity (Wildman–Crippen MR) is 51.9 cm³/mol. The van der Waals surface area contributed by atoms with Gasteiger partial charge in [0.2, 0.25) is 5.91 Å². The summed E-state index contributed by atoms with van der Waals surface area (Å²) in [5, 5.41) is 14.4. The average molecular weight is 202 g/mol. The number of amides is 1. The Hall–Kier alpha value is -0.650. The van der Waals surface area contributed by atoms with E-state index in [2.05, 4.69) is 10.6 Å². The topological polar surface area (TPSA) is 70.6 Å². The molecule has 1 amide bonds. The molecule has 1 aliphatic heterocycles. The Morgan fingerprint density at radius 2 is 2.50 bits per heavy atom. The van der Waals surface area contributed by atoms with Crippen LogP contribution >= 0.6 is 0 Å². The van der Waals surface area contributed by atoms with Gasteiger partial charge in [0.25, 0.3) is 0 Å². The molecule has 3 N–H and O–H groups in total. The fourth-order valence-corrected chi connectivity index (χ4v) is 1.39. The Balaban J connectivity index is 2.03. The third-order valence-corrected chi connectivity index (χ3v) is 2.15. The van der Waals surface area contributed by atoms with E-state index in [1.54, 1.807) is 0 Å². The van der Waals surface area contributed by atoms with Crippen LogP contribution in [0.15, 0.2) is 0 Å². The lowest BCUT2D eigenvalue weighted by Gasteiger charge is -2.23. The molecule has 1 unspecified atom stereocenters. The zero-order chi connectivity index (χ0) is 10.2. The standard InChI is InChI=1S/C9H18N2O3/c12-5-3-11-9(13)2-1-8-7-14-6-4-10-8/h8,10,12H,1-7H2,(H,11,13). The first-order chi connectivity index (χ1) is 6.83. The molecule has 1 saturated heterocycles. The van der Waals surface area contributed by atoms with E-state index < -0.39 is 0 Å². The van der Waals surface area contributed by atoms with Gasteiger partial charge in [0.05, 0.1) is 19.8 Å². The largest absolute Gasteiger partial charge is 0.395 e. The van der Waals surface area contributed by atoms with Crippen molar-refractivity contribution in [1.82, 2.24) is 10.6 Å². The molecule has 5 heteroatoms. The van der Waals surface area contributed by atoms with E-state index in [9.17, 15) is 4.79 Å². The summed E-state index contributed by atoms with van der Waals surface area (Å²) in [7, 11) is 0. The van der Waals surface area contributed by atoms with Gasteiger partial charge in [-0.25, -0.2) is 0 Å². The maximum atomic E-state index is 11.2. The lowest BCUT2D eigenvalue weighted by molar-refractivity contribution is -0.121. The molecule has 1 heterocycles. The number of carbonyl (C=O) groups excluding carboxylic acids is 1. The molecule has 0 saturated carbocycles. The highest BCUT2D eigenvalue weighted by Gasteiger charge is 2.13. The molecule has 14 heavy (non-hydrogen) atoms. The molecule has 1 atom stereocenters. The first-order valence-electron chi connectivity index (χ1n) is 5.01. The number of carbonyl (C=O) groups is 1. The molecule has 1 rings (SSSR count). The molecule has 1 fully saturated rings. The first-order valence-corrected chi connectivity index (χ1v) is 5.01. The monoisotopic (exact) mass is 202 g/mol. The number of hydrogen-bond acceptors (Lipinski definition) is 4. The van der Waals surface area contributed by atoms with Gasteiger partial charge in [-0.1, -0.05) is 0 Å². The van der Waals surface area contributed by atoms with Crippen molar-refractivity contribution >= 4 is 5.91 Å². The maximum Gasteiger partial charge on any atom is 0.220 e. The van der Waals surface area contributed by atoms with E-state index in [1.807, 2.05) is 0 Å². The van der Waals surface area contributed by atoms with Crippen molar-refractivity contribution in [1.29, 1.82) is 0 Å². The Kier molecular flexibility index (Phi) is 5.51. The number of rotatable bonds is 5. The number of nitrogens with one attached hydrogen (secondary N) is 2. The van der Waals surface area contributed by atoms with Crippen LogP contribution in [0.4, 0.5) is 0 Å². The van der Waals surface area contributed by atoms with Crippen LogP contribution in [0.5, 0.6) is 0 Å². The van der Waals surface area contributed by atoms with E-state index >= 15 is 0 Å². The molecular formula is C9H18N2O3. The molecule has 82 valence electrons. The van der Waals surface area contributed by atoms with Gasteiger partial charge in [-0.05, 0) is 6.42 Å². The zero-order valence-electron chi connectivity index (χ0n) is 8.29. The minimum atomic E-state index is -0.00794. The highest BCUT2D eigenvalue weighted by atomic mass is 16.5. The highest BCUT2D eigenvalue weighted by Crippen LogP contribution is 2.01. The van der Waals surface area contributed by atoms with Gasteiger partial charge >= 0.3 is 0 Å². The van der Waals surface area contributed by atoms with Crippen LogP contribution in [0.1, 0.15) is 12.8 Å². The summed E-state index contributed by atoms with van der Waals surface area (Å²) in [4.78, 5) is 11.2. The normalized spacial score (nSPS) is 21.9. The van der Waals surface area contributed by atoms with Crippen molar-refractivity contribution in [3.05, 3.63) is 0 Å². The second-order valence-corrected chi connectivity index (χ2v) is 3.34. The van der Waals surface area contributed by atoms with E-state index in [1.165, 1.54) is 0 Å². The molecule has 5 nitrogen and oxygen atoms in total. The van der Waals surface area contributed by atoms with Crippen LogP contribution in [0.3, 0.4) is 0 Å². The van der Waals surface area contributed by atoms with Gasteiger partial charge in [0.1, 0.15) is 0 Å². The minimum absolute atomic E-state index is 0.00344. The lowest BCUT2D eigenvalue weighted by Crippen LogP contribution is -2.42. The van der Waals surface area contributed by atoms with Crippen LogP contribution in [0, 0.1) is 0 Å². The lowest BCUT2D eigenvalue weighted by atomic mass is 10.1. The third-order valence-electron chi connectivity index (χ3n) is 2.15. The Morgan fingerprint density at radius 3 is 3.14 bits per heavy atom. The average Bonchev–Trinajstić information content (AvgIpc) is 2.25. The van der Waals surface area contributed by atoms with E-state index in [0.717, 1.165) is 19.6 Å². The van der Waals surface area contributed by atoms with Crippen molar-refractivity contribution in [2.24, 2.45) is 0 Å². The highest BCUT2D eigenvalue weighted by molar-refractivity contribution is 5.75. The summed E-state index contributed by atoms with van der Waals surface area (Å²) in [6.45, 7) is 2.65. The number of aliphatic hydroxyl groups is 1. The molecule has 0 bridgehead atoms. The number of hydrogen-bond donors (Lipinski definition) is 3. The molecule has 0 aliphatic carbocycles. The summed E-state index contributed by atoms with van der Waals surface area (Å²) < 4.78 is 5.26. The molecule has 0 aromatic carbocycles. The van der Waals surface area contributed by atoms with E-state index in [0.29, 0.717) is 25.6 Å². The second-order valence-electron chi connectivity index (χ2n) is 3.34. The maximum absolute atomic E-state index is 11.2.